The molecule has 0 bridgehead atoms. The molecule has 1 aromatic heterocycles. The Bertz CT molecular complexity index is 1040. The van der Waals surface area contributed by atoms with Crippen molar-refractivity contribution in [2.24, 2.45) is 0 Å². The van der Waals surface area contributed by atoms with Crippen LogP contribution in [0.25, 0.3) is 11.3 Å². The van der Waals surface area contributed by atoms with Crippen LogP contribution in [0, 0.1) is 0 Å². The molecule has 0 spiro atoms. The average Bonchev–Trinajstić information content (AvgIpc) is 2.72. The molecule has 0 saturated heterocycles. The van der Waals surface area contributed by atoms with Crippen LogP contribution in [0.2, 0.25) is 0 Å². The standard InChI is InChI=1S/C20H15F6N3O2/c1-31-15-4-2-3-12(11-15)16-9-10-27-17(29-16)28-14-7-5-13(6-8-14)18(30,19(21,22)23)20(24,25)26/h2-11,30H,1H3,(H,27,28,29). The lowest BCUT2D eigenvalue weighted by Crippen LogP contribution is -2.53. The highest BCUT2D eigenvalue weighted by Crippen LogP contribution is 2.50. The third-order valence-electron chi connectivity index (χ3n) is 4.40. The molecule has 0 atom stereocenters. The Morgan fingerprint density at radius 1 is 0.903 bits per heavy atom. The number of anilines is 2. The van der Waals surface area contributed by atoms with Gasteiger partial charge in [-0.15, -0.1) is 0 Å². The van der Waals surface area contributed by atoms with Crippen molar-refractivity contribution in [3.63, 3.8) is 0 Å². The van der Waals surface area contributed by atoms with E-state index < -0.39 is 23.5 Å². The largest absolute Gasteiger partial charge is 0.497 e. The van der Waals surface area contributed by atoms with Crippen LogP contribution in [-0.2, 0) is 5.60 Å². The fraction of sp³-hybridized carbons (Fsp3) is 0.200. The van der Waals surface area contributed by atoms with E-state index in [0.717, 1.165) is 12.1 Å². The van der Waals surface area contributed by atoms with Gasteiger partial charge in [0.15, 0.2) is 0 Å². The number of hydrogen-bond acceptors (Lipinski definition) is 5. The highest BCUT2D eigenvalue weighted by atomic mass is 19.4. The molecule has 2 N–H and O–H groups in total. The zero-order valence-corrected chi connectivity index (χ0v) is 15.8. The van der Waals surface area contributed by atoms with Gasteiger partial charge in [-0.25, -0.2) is 9.97 Å². The number of methoxy groups -OCH3 is 1. The molecule has 31 heavy (non-hydrogen) atoms. The maximum absolute atomic E-state index is 13.0. The lowest BCUT2D eigenvalue weighted by molar-refractivity contribution is -0.376. The van der Waals surface area contributed by atoms with E-state index in [2.05, 4.69) is 15.3 Å². The minimum absolute atomic E-state index is 0.0648. The minimum atomic E-state index is -5.95. The summed E-state index contributed by atoms with van der Waals surface area (Å²) in [5.41, 5.74) is -5.00. The maximum Gasteiger partial charge on any atom is 0.430 e. The van der Waals surface area contributed by atoms with Gasteiger partial charge in [-0.3, -0.25) is 0 Å². The van der Waals surface area contributed by atoms with Gasteiger partial charge in [0.25, 0.3) is 5.60 Å². The molecule has 0 aliphatic carbocycles. The Morgan fingerprint density at radius 3 is 2.13 bits per heavy atom. The number of aliphatic hydroxyl groups is 1. The number of rotatable bonds is 5. The van der Waals surface area contributed by atoms with E-state index >= 15 is 0 Å². The van der Waals surface area contributed by atoms with E-state index in [9.17, 15) is 31.4 Å². The van der Waals surface area contributed by atoms with Gasteiger partial charge in [-0.2, -0.15) is 26.3 Å². The quantitative estimate of drug-likeness (QED) is 0.530. The van der Waals surface area contributed by atoms with Crippen LogP contribution >= 0.6 is 0 Å². The second-order valence-electron chi connectivity index (χ2n) is 6.41. The summed E-state index contributed by atoms with van der Waals surface area (Å²) in [5.74, 6) is 0.665. The van der Waals surface area contributed by atoms with Crippen LogP contribution in [0.3, 0.4) is 0 Å². The van der Waals surface area contributed by atoms with Crippen molar-refractivity contribution in [3.8, 4) is 17.0 Å². The van der Waals surface area contributed by atoms with Gasteiger partial charge >= 0.3 is 12.4 Å². The highest BCUT2D eigenvalue weighted by molar-refractivity contribution is 5.63. The molecule has 0 saturated carbocycles. The fourth-order valence-electron chi connectivity index (χ4n) is 2.77. The molecule has 0 amide bonds. The van der Waals surface area contributed by atoms with Crippen LogP contribution < -0.4 is 10.1 Å². The monoisotopic (exact) mass is 443 g/mol. The van der Waals surface area contributed by atoms with Crippen LogP contribution in [0.15, 0.2) is 60.8 Å². The van der Waals surface area contributed by atoms with Crippen molar-refractivity contribution in [1.82, 2.24) is 9.97 Å². The summed E-state index contributed by atoms with van der Waals surface area (Å²) >= 11 is 0. The van der Waals surface area contributed by atoms with E-state index in [1.54, 1.807) is 30.3 Å². The first-order valence-electron chi connectivity index (χ1n) is 8.66. The van der Waals surface area contributed by atoms with Crippen LogP contribution in [0.1, 0.15) is 5.56 Å². The van der Waals surface area contributed by atoms with Crippen molar-refractivity contribution in [2.45, 2.75) is 18.0 Å². The molecule has 1 heterocycles. The fourth-order valence-corrected chi connectivity index (χ4v) is 2.77. The summed E-state index contributed by atoms with van der Waals surface area (Å²) in [5, 5.41) is 12.1. The van der Waals surface area contributed by atoms with Gasteiger partial charge in [0.2, 0.25) is 5.95 Å². The van der Waals surface area contributed by atoms with Crippen LogP contribution in [-0.4, -0.2) is 34.5 Å². The number of alkyl halides is 6. The Kier molecular flexibility index (Phi) is 5.81. The van der Waals surface area contributed by atoms with Crippen molar-refractivity contribution >= 4 is 11.6 Å². The van der Waals surface area contributed by atoms with Gasteiger partial charge in [-0.05, 0) is 30.3 Å². The summed E-state index contributed by atoms with van der Waals surface area (Å²) in [6.07, 6.45) is -10.5. The third kappa shape index (κ3) is 4.41. The second-order valence-corrected chi connectivity index (χ2v) is 6.41. The van der Waals surface area contributed by atoms with Crippen LogP contribution in [0.5, 0.6) is 5.75 Å². The van der Waals surface area contributed by atoms with Crippen LogP contribution in [0.4, 0.5) is 38.0 Å². The molecule has 0 aliphatic heterocycles. The SMILES string of the molecule is COc1cccc(-c2ccnc(Nc3ccc(C(O)(C(F)(F)F)C(F)(F)F)cc3)n2)c1. The molecule has 11 heteroatoms. The summed E-state index contributed by atoms with van der Waals surface area (Å²) < 4.78 is 83.0. The smallest absolute Gasteiger partial charge is 0.430 e. The van der Waals surface area contributed by atoms with Gasteiger partial charge in [-0.1, -0.05) is 24.3 Å². The molecule has 0 aliphatic rings. The molecular weight excluding hydrogens is 428 g/mol. The van der Waals surface area contributed by atoms with E-state index in [1.807, 2.05) is 0 Å². The molecule has 3 rings (SSSR count). The summed E-state index contributed by atoms with van der Waals surface area (Å²) in [7, 11) is 1.51. The van der Waals surface area contributed by atoms with E-state index in [-0.39, 0.29) is 11.6 Å². The topological polar surface area (TPSA) is 67.3 Å². The molecule has 0 radical (unpaired) electrons. The first-order chi connectivity index (χ1) is 14.5. The zero-order valence-electron chi connectivity index (χ0n) is 15.8. The van der Waals surface area contributed by atoms with Crippen molar-refractivity contribution in [3.05, 3.63) is 66.4 Å². The van der Waals surface area contributed by atoms with Gasteiger partial charge < -0.3 is 15.2 Å². The number of benzene rings is 2. The molecule has 0 unspecified atom stereocenters. The van der Waals surface area contributed by atoms with Gasteiger partial charge in [0, 0.05) is 23.0 Å². The summed E-state index contributed by atoms with van der Waals surface area (Å²) in [6.45, 7) is 0. The second kappa shape index (κ2) is 8.06. The number of ether oxygens (including phenoxy) is 1. The van der Waals surface area contributed by atoms with E-state index in [1.165, 1.54) is 13.3 Å². The lowest BCUT2D eigenvalue weighted by Gasteiger charge is -2.32. The maximum atomic E-state index is 13.0. The molecule has 164 valence electrons. The Balaban J connectivity index is 1.86. The average molecular weight is 443 g/mol. The van der Waals surface area contributed by atoms with Crippen molar-refractivity contribution < 1.29 is 36.2 Å². The predicted molar refractivity (Wildman–Crippen MR) is 99.8 cm³/mol. The molecular formula is C20H15F6N3O2. The minimum Gasteiger partial charge on any atom is -0.497 e. The summed E-state index contributed by atoms with van der Waals surface area (Å²) in [4.78, 5) is 8.27. The Labute approximate surface area is 172 Å². The first-order valence-corrected chi connectivity index (χ1v) is 8.66. The van der Waals surface area contributed by atoms with Gasteiger partial charge in [0.1, 0.15) is 5.75 Å². The molecule has 5 nitrogen and oxygen atoms in total. The Hall–Kier alpha value is -3.34. The molecule has 0 fully saturated rings. The lowest BCUT2D eigenvalue weighted by atomic mass is 9.92. The van der Waals surface area contributed by atoms with Crippen molar-refractivity contribution in [1.29, 1.82) is 0 Å². The van der Waals surface area contributed by atoms with E-state index in [4.69, 9.17) is 4.74 Å². The Morgan fingerprint density at radius 2 is 1.55 bits per heavy atom. The zero-order chi connectivity index (χ0) is 22.9. The normalized spacial score (nSPS) is 12.5. The van der Waals surface area contributed by atoms with Crippen molar-refractivity contribution in [2.75, 3.05) is 12.4 Å². The number of nitrogens with zero attached hydrogens (tertiary/aromatic N) is 2. The molecule has 2 aromatic carbocycles. The van der Waals surface area contributed by atoms with Gasteiger partial charge in [0.05, 0.1) is 12.8 Å². The highest BCUT2D eigenvalue weighted by Gasteiger charge is 2.71. The predicted octanol–water partition coefficient (Wildman–Crippen LogP) is 5.21. The third-order valence-corrected chi connectivity index (χ3v) is 4.40. The number of aromatic nitrogens is 2. The first kappa shape index (κ1) is 22.3. The number of nitrogens with one attached hydrogen (secondary N) is 1. The molecule has 3 aromatic rings. The number of hydrogen-bond donors (Lipinski definition) is 2. The number of halogens is 6. The summed E-state index contributed by atoms with van der Waals surface area (Å²) in [6, 6.07) is 11.6. The van der Waals surface area contributed by atoms with E-state index in [0.29, 0.717) is 29.1 Å².